The van der Waals surface area contributed by atoms with Gasteiger partial charge in [0, 0.05) is 7.11 Å². The molecule has 2 nitrogen and oxygen atoms in total. The monoisotopic (exact) mass is 216 g/mol. The van der Waals surface area contributed by atoms with Crippen LogP contribution >= 0.6 is 0 Å². The van der Waals surface area contributed by atoms with Gasteiger partial charge < -0.3 is 9.84 Å². The van der Waals surface area contributed by atoms with E-state index in [9.17, 15) is 13.9 Å². The Kier molecular flexibility index (Phi) is 3.42. The topological polar surface area (TPSA) is 29.5 Å². The SMILES string of the molecule is COC(C)(C)C(O)c1ccc(F)c(F)c1. The first-order valence-corrected chi connectivity index (χ1v) is 4.56. The van der Waals surface area contributed by atoms with E-state index in [1.54, 1.807) is 13.8 Å². The van der Waals surface area contributed by atoms with Crippen LogP contribution in [0, 0.1) is 11.6 Å². The minimum Gasteiger partial charge on any atom is -0.385 e. The van der Waals surface area contributed by atoms with E-state index in [2.05, 4.69) is 0 Å². The Morgan fingerprint density at radius 1 is 1.27 bits per heavy atom. The summed E-state index contributed by atoms with van der Waals surface area (Å²) >= 11 is 0. The first-order valence-electron chi connectivity index (χ1n) is 4.56. The van der Waals surface area contributed by atoms with E-state index < -0.39 is 23.3 Å². The maximum Gasteiger partial charge on any atom is 0.159 e. The second kappa shape index (κ2) is 4.24. The van der Waals surface area contributed by atoms with E-state index in [-0.39, 0.29) is 0 Å². The first kappa shape index (κ1) is 12.1. The summed E-state index contributed by atoms with van der Waals surface area (Å²) in [6, 6.07) is 3.30. The Hall–Kier alpha value is -1.00. The van der Waals surface area contributed by atoms with E-state index in [1.165, 1.54) is 13.2 Å². The lowest BCUT2D eigenvalue weighted by Crippen LogP contribution is -2.31. The van der Waals surface area contributed by atoms with Crippen LogP contribution in [0.15, 0.2) is 18.2 Å². The molecule has 0 saturated carbocycles. The summed E-state index contributed by atoms with van der Waals surface area (Å²) in [6.45, 7) is 3.33. The number of hydrogen-bond acceptors (Lipinski definition) is 2. The maximum atomic E-state index is 12.9. The molecule has 0 amide bonds. The predicted octanol–water partition coefficient (Wildman–Crippen LogP) is 2.42. The number of halogens is 2. The van der Waals surface area contributed by atoms with Gasteiger partial charge in [0.25, 0.3) is 0 Å². The highest BCUT2D eigenvalue weighted by atomic mass is 19.2. The summed E-state index contributed by atoms with van der Waals surface area (Å²) < 4.78 is 30.6. The number of methoxy groups -OCH3 is 1. The van der Waals surface area contributed by atoms with Gasteiger partial charge in [0.1, 0.15) is 6.10 Å². The number of hydrogen-bond donors (Lipinski definition) is 1. The van der Waals surface area contributed by atoms with Crippen LogP contribution < -0.4 is 0 Å². The third-order valence-electron chi connectivity index (χ3n) is 2.44. The van der Waals surface area contributed by atoms with Gasteiger partial charge in [-0.1, -0.05) is 6.07 Å². The van der Waals surface area contributed by atoms with Gasteiger partial charge in [0.2, 0.25) is 0 Å². The van der Waals surface area contributed by atoms with Crippen LogP contribution in [0.1, 0.15) is 25.5 Å². The molecule has 1 aromatic rings. The lowest BCUT2D eigenvalue weighted by molar-refractivity contribution is -0.0794. The number of rotatable bonds is 3. The summed E-state index contributed by atoms with van der Waals surface area (Å²) in [4.78, 5) is 0. The van der Waals surface area contributed by atoms with Crippen molar-refractivity contribution in [2.24, 2.45) is 0 Å². The standard InChI is InChI=1S/C11H14F2O2/c1-11(2,15-3)10(14)7-4-5-8(12)9(13)6-7/h4-6,10,14H,1-3H3. The molecule has 1 unspecified atom stereocenters. The molecular weight excluding hydrogens is 202 g/mol. The van der Waals surface area contributed by atoms with Crippen molar-refractivity contribution in [2.45, 2.75) is 25.6 Å². The van der Waals surface area contributed by atoms with Crippen molar-refractivity contribution in [3.05, 3.63) is 35.4 Å². The van der Waals surface area contributed by atoms with E-state index in [4.69, 9.17) is 4.74 Å². The van der Waals surface area contributed by atoms with Crippen LogP contribution in [-0.4, -0.2) is 17.8 Å². The fraction of sp³-hybridized carbons (Fsp3) is 0.455. The molecule has 84 valence electrons. The minimum absolute atomic E-state index is 0.292. The van der Waals surface area contributed by atoms with Crippen LogP contribution in [0.2, 0.25) is 0 Å². The number of ether oxygens (including phenoxy) is 1. The highest BCUT2D eigenvalue weighted by Gasteiger charge is 2.29. The molecule has 0 heterocycles. The van der Waals surface area contributed by atoms with Crippen molar-refractivity contribution in [1.29, 1.82) is 0 Å². The van der Waals surface area contributed by atoms with Gasteiger partial charge in [-0.2, -0.15) is 0 Å². The average molecular weight is 216 g/mol. The third kappa shape index (κ3) is 2.52. The highest BCUT2D eigenvalue weighted by Crippen LogP contribution is 2.28. The third-order valence-corrected chi connectivity index (χ3v) is 2.44. The quantitative estimate of drug-likeness (QED) is 0.840. The fourth-order valence-corrected chi connectivity index (χ4v) is 1.20. The van der Waals surface area contributed by atoms with E-state index in [0.29, 0.717) is 5.56 Å². The molecule has 0 radical (unpaired) electrons. The second-order valence-corrected chi connectivity index (χ2v) is 3.88. The molecule has 0 spiro atoms. The molecule has 0 aromatic heterocycles. The van der Waals surface area contributed by atoms with Gasteiger partial charge in [-0.3, -0.25) is 0 Å². The molecule has 0 aliphatic rings. The van der Waals surface area contributed by atoms with Crippen molar-refractivity contribution < 1.29 is 18.6 Å². The molecule has 1 atom stereocenters. The fourth-order valence-electron chi connectivity index (χ4n) is 1.20. The molecule has 0 saturated heterocycles. The van der Waals surface area contributed by atoms with E-state index in [1.807, 2.05) is 0 Å². The molecule has 0 fully saturated rings. The molecular formula is C11H14F2O2. The Balaban J connectivity index is 3.02. The average Bonchev–Trinajstić information content (AvgIpc) is 2.21. The molecule has 1 aromatic carbocycles. The molecule has 0 bridgehead atoms. The van der Waals surface area contributed by atoms with Gasteiger partial charge in [-0.05, 0) is 31.5 Å². The van der Waals surface area contributed by atoms with Crippen molar-refractivity contribution >= 4 is 0 Å². The van der Waals surface area contributed by atoms with Crippen molar-refractivity contribution in [2.75, 3.05) is 7.11 Å². The summed E-state index contributed by atoms with van der Waals surface area (Å²) in [6.07, 6.45) is -1.00. The zero-order valence-electron chi connectivity index (χ0n) is 8.92. The van der Waals surface area contributed by atoms with E-state index in [0.717, 1.165) is 12.1 Å². The minimum atomic E-state index is -1.00. The number of benzene rings is 1. The molecule has 0 aliphatic heterocycles. The zero-order valence-corrected chi connectivity index (χ0v) is 8.92. The van der Waals surface area contributed by atoms with Crippen LogP contribution in [0.25, 0.3) is 0 Å². The van der Waals surface area contributed by atoms with E-state index >= 15 is 0 Å². The van der Waals surface area contributed by atoms with Gasteiger partial charge in [0.15, 0.2) is 11.6 Å². The Labute approximate surface area is 87.5 Å². The van der Waals surface area contributed by atoms with Gasteiger partial charge in [-0.15, -0.1) is 0 Å². The lowest BCUT2D eigenvalue weighted by atomic mass is 9.94. The summed E-state index contributed by atoms with van der Waals surface area (Å²) in [5, 5.41) is 9.85. The Morgan fingerprint density at radius 3 is 2.33 bits per heavy atom. The van der Waals surface area contributed by atoms with Crippen LogP contribution in [0.4, 0.5) is 8.78 Å². The maximum absolute atomic E-state index is 12.9. The Bertz CT molecular complexity index is 350. The number of aliphatic hydroxyl groups is 1. The number of aliphatic hydroxyl groups excluding tert-OH is 1. The lowest BCUT2D eigenvalue weighted by Gasteiger charge is -2.29. The van der Waals surface area contributed by atoms with Crippen LogP contribution in [0.3, 0.4) is 0 Å². The van der Waals surface area contributed by atoms with Crippen molar-refractivity contribution in [3.8, 4) is 0 Å². The van der Waals surface area contributed by atoms with Gasteiger partial charge >= 0.3 is 0 Å². The van der Waals surface area contributed by atoms with Gasteiger partial charge in [-0.25, -0.2) is 8.78 Å². The van der Waals surface area contributed by atoms with Gasteiger partial charge in [0.05, 0.1) is 5.60 Å². The van der Waals surface area contributed by atoms with Crippen molar-refractivity contribution in [1.82, 2.24) is 0 Å². The molecule has 1 rings (SSSR count). The highest BCUT2D eigenvalue weighted by molar-refractivity contribution is 5.22. The molecule has 15 heavy (non-hydrogen) atoms. The molecule has 0 aliphatic carbocycles. The second-order valence-electron chi connectivity index (χ2n) is 3.88. The Morgan fingerprint density at radius 2 is 1.87 bits per heavy atom. The zero-order chi connectivity index (χ0) is 11.6. The normalized spacial score (nSPS) is 14.0. The van der Waals surface area contributed by atoms with Crippen LogP contribution in [0.5, 0.6) is 0 Å². The smallest absolute Gasteiger partial charge is 0.159 e. The predicted molar refractivity (Wildman–Crippen MR) is 52.4 cm³/mol. The summed E-state index contributed by atoms with van der Waals surface area (Å²) in [5.41, 5.74) is -0.551. The summed E-state index contributed by atoms with van der Waals surface area (Å²) in [5.74, 6) is -1.90. The largest absolute Gasteiger partial charge is 0.385 e. The molecule has 4 heteroatoms. The first-order chi connectivity index (χ1) is 6.88. The summed E-state index contributed by atoms with van der Waals surface area (Å²) in [7, 11) is 1.45. The van der Waals surface area contributed by atoms with Crippen molar-refractivity contribution in [3.63, 3.8) is 0 Å². The van der Waals surface area contributed by atoms with Crippen LogP contribution in [-0.2, 0) is 4.74 Å². The molecule has 1 N–H and O–H groups in total.